The average Bonchev–Trinajstić information content (AvgIpc) is 2.62. The zero-order valence-electron chi connectivity index (χ0n) is 14.6. The molecule has 1 atom stereocenters. The van der Waals surface area contributed by atoms with E-state index in [2.05, 4.69) is 36.3 Å². The van der Waals surface area contributed by atoms with Gasteiger partial charge in [0.05, 0.1) is 6.04 Å². The first-order valence-electron chi connectivity index (χ1n) is 8.34. The maximum atomic E-state index is 12.5. The molecule has 0 aliphatic heterocycles. The first-order valence-corrected chi connectivity index (χ1v) is 8.34. The predicted molar refractivity (Wildman–Crippen MR) is 97.9 cm³/mol. The highest BCUT2D eigenvalue weighted by molar-refractivity contribution is 5.94. The molecule has 1 aromatic carbocycles. The van der Waals surface area contributed by atoms with Gasteiger partial charge in [-0.25, -0.2) is 4.98 Å². The summed E-state index contributed by atoms with van der Waals surface area (Å²) in [6.45, 7) is 6.18. The number of rotatable bonds is 4. The van der Waals surface area contributed by atoms with Crippen LogP contribution in [0.5, 0.6) is 0 Å². The van der Waals surface area contributed by atoms with Gasteiger partial charge in [0.1, 0.15) is 11.2 Å². The number of pyridine rings is 1. The second kappa shape index (κ2) is 6.89. The van der Waals surface area contributed by atoms with Gasteiger partial charge in [0.15, 0.2) is 0 Å². The van der Waals surface area contributed by atoms with E-state index in [1.165, 1.54) is 16.2 Å². The minimum Gasteiger partial charge on any atom is -0.345 e. The third-order valence-corrected chi connectivity index (χ3v) is 4.31. The number of amides is 1. The van der Waals surface area contributed by atoms with E-state index in [1.807, 2.05) is 19.1 Å². The Morgan fingerprint density at radius 3 is 2.40 bits per heavy atom. The van der Waals surface area contributed by atoms with Gasteiger partial charge < -0.3 is 5.32 Å². The van der Waals surface area contributed by atoms with Gasteiger partial charge in [0, 0.05) is 12.4 Å². The first kappa shape index (κ1) is 16.9. The molecule has 0 radical (unpaired) electrons. The molecule has 3 aromatic rings. The molecule has 5 nitrogen and oxygen atoms in total. The molecule has 0 aliphatic carbocycles. The van der Waals surface area contributed by atoms with Crippen molar-refractivity contribution < 1.29 is 4.79 Å². The van der Waals surface area contributed by atoms with E-state index in [1.54, 1.807) is 24.4 Å². The van der Waals surface area contributed by atoms with Gasteiger partial charge in [0.2, 0.25) is 0 Å². The Hall–Kier alpha value is -2.95. The fourth-order valence-corrected chi connectivity index (χ4v) is 2.71. The maximum absolute atomic E-state index is 12.5. The number of aromatic nitrogens is 2. The summed E-state index contributed by atoms with van der Waals surface area (Å²) >= 11 is 0. The maximum Gasteiger partial charge on any atom is 0.270 e. The second-order valence-electron chi connectivity index (χ2n) is 6.42. The number of hydrogen-bond acceptors (Lipinski definition) is 3. The Kier molecular flexibility index (Phi) is 4.65. The van der Waals surface area contributed by atoms with Crippen molar-refractivity contribution in [2.24, 2.45) is 0 Å². The summed E-state index contributed by atoms with van der Waals surface area (Å²) in [7, 11) is 0. The summed E-state index contributed by atoms with van der Waals surface area (Å²) in [6, 6.07) is 13.2. The highest BCUT2D eigenvalue weighted by Crippen LogP contribution is 2.18. The van der Waals surface area contributed by atoms with Crippen molar-refractivity contribution >= 4 is 11.6 Å². The monoisotopic (exact) mass is 335 g/mol. The Labute approximate surface area is 146 Å². The minimum absolute atomic E-state index is 0.0364. The molecule has 25 heavy (non-hydrogen) atoms. The van der Waals surface area contributed by atoms with Crippen molar-refractivity contribution in [3.8, 4) is 0 Å². The van der Waals surface area contributed by atoms with Crippen LogP contribution in [-0.2, 0) is 0 Å². The van der Waals surface area contributed by atoms with E-state index in [0.717, 1.165) is 5.56 Å². The number of carbonyl (C=O) groups excluding carboxylic acids is 1. The summed E-state index contributed by atoms with van der Waals surface area (Å²) in [5.41, 5.74) is 2.42. The molecule has 0 saturated carbocycles. The molecule has 128 valence electrons. The molecular formula is C20H21N3O2. The lowest BCUT2D eigenvalue weighted by Crippen LogP contribution is -2.33. The van der Waals surface area contributed by atoms with Crippen LogP contribution in [0.25, 0.3) is 5.65 Å². The van der Waals surface area contributed by atoms with Crippen LogP contribution in [0.2, 0.25) is 0 Å². The zero-order valence-corrected chi connectivity index (χ0v) is 14.6. The molecule has 0 unspecified atom stereocenters. The summed E-state index contributed by atoms with van der Waals surface area (Å²) in [4.78, 5) is 29.1. The largest absolute Gasteiger partial charge is 0.345 e. The van der Waals surface area contributed by atoms with Gasteiger partial charge in [-0.05, 0) is 36.1 Å². The van der Waals surface area contributed by atoms with Gasteiger partial charge >= 0.3 is 0 Å². The Morgan fingerprint density at radius 2 is 1.72 bits per heavy atom. The number of nitrogens with zero attached hydrogens (tertiary/aromatic N) is 2. The molecule has 2 aromatic heterocycles. The van der Waals surface area contributed by atoms with E-state index in [-0.39, 0.29) is 17.2 Å². The van der Waals surface area contributed by atoms with Crippen LogP contribution < -0.4 is 10.9 Å². The third-order valence-electron chi connectivity index (χ3n) is 4.31. The average molecular weight is 335 g/mol. The standard InChI is InChI=1S/C20H21N3O2/c1-13(2)15-7-9-16(10-8-15)14(3)22-19(24)17-12-21-18-6-4-5-11-23(18)20(17)25/h4-14H,1-3H3,(H,22,24)/t14-/m1/s1. The lowest BCUT2D eigenvalue weighted by molar-refractivity contribution is 0.0938. The summed E-state index contributed by atoms with van der Waals surface area (Å²) in [5.74, 6) is 0.0406. The smallest absolute Gasteiger partial charge is 0.270 e. The van der Waals surface area contributed by atoms with Crippen molar-refractivity contribution in [1.82, 2.24) is 14.7 Å². The van der Waals surface area contributed by atoms with Crippen LogP contribution in [0, 0.1) is 0 Å². The fourth-order valence-electron chi connectivity index (χ4n) is 2.71. The Bertz CT molecular complexity index is 959. The van der Waals surface area contributed by atoms with Crippen molar-refractivity contribution in [2.75, 3.05) is 0 Å². The van der Waals surface area contributed by atoms with Crippen LogP contribution in [0.1, 0.15) is 54.2 Å². The van der Waals surface area contributed by atoms with Gasteiger partial charge in [-0.2, -0.15) is 0 Å². The Morgan fingerprint density at radius 1 is 1.04 bits per heavy atom. The zero-order chi connectivity index (χ0) is 18.0. The van der Waals surface area contributed by atoms with E-state index >= 15 is 0 Å². The lowest BCUT2D eigenvalue weighted by Gasteiger charge is -2.15. The quantitative estimate of drug-likeness (QED) is 0.795. The SMILES string of the molecule is CC(C)c1ccc([C@@H](C)NC(=O)c2cnc3ccccn3c2=O)cc1. The molecule has 2 heterocycles. The van der Waals surface area contributed by atoms with Crippen molar-refractivity contribution in [2.45, 2.75) is 32.7 Å². The van der Waals surface area contributed by atoms with Gasteiger partial charge in [-0.1, -0.05) is 44.2 Å². The molecule has 0 bridgehead atoms. The number of hydrogen-bond donors (Lipinski definition) is 1. The molecule has 0 aliphatic rings. The van der Waals surface area contributed by atoms with Crippen molar-refractivity contribution in [3.05, 3.63) is 81.9 Å². The van der Waals surface area contributed by atoms with E-state index < -0.39 is 5.91 Å². The molecule has 0 fully saturated rings. The third kappa shape index (κ3) is 3.45. The summed E-state index contributed by atoms with van der Waals surface area (Å²) < 4.78 is 1.37. The number of carbonyl (C=O) groups is 1. The molecule has 0 saturated heterocycles. The normalized spacial score (nSPS) is 12.3. The highest BCUT2D eigenvalue weighted by Gasteiger charge is 2.16. The molecule has 1 amide bonds. The minimum atomic E-state index is -0.420. The Balaban J connectivity index is 1.82. The summed E-state index contributed by atoms with van der Waals surface area (Å²) in [5, 5.41) is 2.87. The fraction of sp³-hybridized carbons (Fsp3) is 0.250. The van der Waals surface area contributed by atoms with Gasteiger partial charge in [0.25, 0.3) is 11.5 Å². The lowest BCUT2D eigenvalue weighted by atomic mass is 9.99. The number of nitrogens with one attached hydrogen (secondary N) is 1. The molecule has 5 heteroatoms. The molecule has 1 N–H and O–H groups in total. The highest BCUT2D eigenvalue weighted by atomic mass is 16.2. The van der Waals surface area contributed by atoms with E-state index in [4.69, 9.17) is 0 Å². The topological polar surface area (TPSA) is 63.5 Å². The number of benzene rings is 1. The van der Waals surface area contributed by atoms with Crippen LogP contribution in [0.4, 0.5) is 0 Å². The van der Waals surface area contributed by atoms with Crippen LogP contribution in [0.3, 0.4) is 0 Å². The second-order valence-corrected chi connectivity index (χ2v) is 6.42. The molecule has 0 spiro atoms. The van der Waals surface area contributed by atoms with Crippen molar-refractivity contribution in [1.29, 1.82) is 0 Å². The predicted octanol–water partition coefficient (Wildman–Crippen LogP) is 3.31. The van der Waals surface area contributed by atoms with Gasteiger partial charge in [-0.15, -0.1) is 0 Å². The van der Waals surface area contributed by atoms with E-state index in [0.29, 0.717) is 11.6 Å². The number of fused-ring (bicyclic) bond motifs is 1. The first-order chi connectivity index (χ1) is 12.0. The van der Waals surface area contributed by atoms with Gasteiger partial charge in [-0.3, -0.25) is 14.0 Å². The van der Waals surface area contributed by atoms with E-state index in [9.17, 15) is 9.59 Å². The van der Waals surface area contributed by atoms with Crippen LogP contribution in [-0.4, -0.2) is 15.3 Å². The van der Waals surface area contributed by atoms with Crippen LogP contribution in [0.15, 0.2) is 59.7 Å². The molecule has 3 rings (SSSR count). The molecular weight excluding hydrogens is 314 g/mol. The van der Waals surface area contributed by atoms with Crippen LogP contribution >= 0.6 is 0 Å². The van der Waals surface area contributed by atoms with Crippen molar-refractivity contribution in [3.63, 3.8) is 0 Å². The summed E-state index contributed by atoms with van der Waals surface area (Å²) in [6.07, 6.45) is 2.94.